The van der Waals surface area contributed by atoms with Crippen LogP contribution in [0.1, 0.15) is 18.4 Å². The van der Waals surface area contributed by atoms with Crippen LogP contribution in [0.2, 0.25) is 0 Å². The molecule has 1 fully saturated rings. The molecule has 104 valence electrons. The van der Waals surface area contributed by atoms with E-state index >= 15 is 0 Å². The van der Waals surface area contributed by atoms with Crippen molar-refractivity contribution in [2.24, 2.45) is 7.05 Å². The van der Waals surface area contributed by atoms with Gasteiger partial charge < -0.3 is 14.9 Å². The number of rotatable bonds is 3. The summed E-state index contributed by atoms with van der Waals surface area (Å²) in [5.74, 6) is -0.930. The van der Waals surface area contributed by atoms with Crippen LogP contribution in [-0.4, -0.2) is 56.3 Å². The molecule has 0 bridgehead atoms. The van der Waals surface area contributed by atoms with Crippen LogP contribution in [0.3, 0.4) is 0 Å². The Labute approximate surface area is 111 Å². The van der Waals surface area contributed by atoms with Crippen molar-refractivity contribution in [1.29, 1.82) is 0 Å². The topological polar surface area (TPSA) is 78.7 Å². The lowest BCUT2D eigenvalue weighted by molar-refractivity contribution is -0.141. The number of carboxylic acid groups (broad SMARTS) is 1. The quantitative estimate of drug-likeness (QED) is 0.865. The van der Waals surface area contributed by atoms with Gasteiger partial charge in [0.25, 0.3) is 0 Å². The van der Waals surface area contributed by atoms with Gasteiger partial charge in [-0.1, -0.05) is 0 Å². The zero-order chi connectivity index (χ0) is 14.0. The van der Waals surface area contributed by atoms with E-state index in [4.69, 9.17) is 5.11 Å². The molecule has 7 nitrogen and oxygen atoms in total. The van der Waals surface area contributed by atoms with E-state index < -0.39 is 12.0 Å². The summed E-state index contributed by atoms with van der Waals surface area (Å²) in [5, 5.41) is 13.1. The Morgan fingerprint density at radius 2 is 2.32 bits per heavy atom. The van der Waals surface area contributed by atoms with Crippen LogP contribution in [0.5, 0.6) is 0 Å². The van der Waals surface area contributed by atoms with Crippen molar-refractivity contribution < 1.29 is 14.7 Å². The molecule has 1 atom stereocenters. The molecule has 1 N–H and O–H groups in total. The lowest BCUT2D eigenvalue weighted by Crippen LogP contribution is -2.46. The van der Waals surface area contributed by atoms with E-state index in [0.29, 0.717) is 19.5 Å². The minimum atomic E-state index is -0.930. The summed E-state index contributed by atoms with van der Waals surface area (Å²) < 4.78 is 1.67. The van der Waals surface area contributed by atoms with Crippen LogP contribution in [-0.2, 0) is 18.4 Å². The fourth-order valence-corrected chi connectivity index (χ4v) is 2.37. The van der Waals surface area contributed by atoms with Gasteiger partial charge in [-0.3, -0.25) is 4.68 Å². The molecule has 0 aromatic carbocycles. The summed E-state index contributed by atoms with van der Waals surface area (Å²) >= 11 is 0. The molecule has 1 aromatic rings. The van der Waals surface area contributed by atoms with E-state index in [9.17, 15) is 9.59 Å². The van der Waals surface area contributed by atoms with Crippen molar-refractivity contribution >= 4 is 12.0 Å². The molecule has 1 aromatic heterocycles. The second kappa shape index (κ2) is 5.29. The first-order valence-electron chi connectivity index (χ1n) is 6.21. The van der Waals surface area contributed by atoms with Crippen molar-refractivity contribution in [1.82, 2.24) is 19.6 Å². The molecular weight excluding hydrogens is 248 g/mol. The summed E-state index contributed by atoms with van der Waals surface area (Å²) in [7, 11) is 3.48. The van der Waals surface area contributed by atoms with Gasteiger partial charge in [-0.25, -0.2) is 9.59 Å². The van der Waals surface area contributed by atoms with Gasteiger partial charge in [-0.05, 0) is 12.8 Å². The molecule has 1 saturated heterocycles. The van der Waals surface area contributed by atoms with Crippen LogP contribution in [0.25, 0.3) is 0 Å². The Morgan fingerprint density at radius 1 is 1.58 bits per heavy atom. The number of amides is 2. The number of aromatic nitrogens is 2. The number of carboxylic acids is 1. The van der Waals surface area contributed by atoms with E-state index in [1.54, 1.807) is 17.9 Å². The Bertz CT molecular complexity index is 485. The first-order valence-corrected chi connectivity index (χ1v) is 6.21. The molecule has 1 aliphatic rings. The number of nitrogens with zero attached hydrogens (tertiary/aromatic N) is 4. The first-order chi connectivity index (χ1) is 8.99. The Hall–Kier alpha value is -2.05. The van der Waals surface area contributed by atoms with Gasteiger partial charge in [0.2, 0.25) is 0 Å². The molecule has 1 aliphatic heterocycles. The molecule has 2 heterocycles. The third kappa shape index (κ3) is 2.86. The summed E-state index contributed by atoms with van der Waals surface area (Å²) in [6.45, 7) is 0.933. The lowest BCUT2D eigenvalue weighted by atomic mass is 10.2. The third-order valence-electron chi connectivity index (χ3n) is 3.29. The maximum atomic E-state index is 12.2. The Kier molecular flexibility index (Phi) is 3.73. The normalized spacial score (nSPS) is 18.6. The van der Waals surface area contributed by atoms with Crippen LogP contribution in [0.15, 0.2) is 12.4 Å². The van der Waals surface area contributed by atoms with Crippen molar-refractivity contribution in [2.75, 3.05) is 13.6 Å². The highest BCUT2D eigenvalue weighted by Gasteiger charge is 2.35. The van der Waals surface area contributed by atoms with Gasteiger partial charge in [0.15, 0.2) is 0 Å². The van der Waals surface area contributed by atoms with Gasteiger partial charge in [-0.15, -0.1) is 0 Å². The highest BCUT2D eigenvalue weighted by Crippen LogP contribution is 2.19. The highest BCUT2D eigenvalue weighted by atomic mass is 16.4. The zero-order valence-corrected chi connectivity index (χ0v) is 11.1. The summed E-state index contributed by atoms with van der Waals surface area (Å²) in [4.78, 5) is 26.3. The second-order valence-electron chi connectivity index (χ2n) is 4.85. The number of carbonyl (C=O) groups is 2. The first kappa shape index (κ1) is 13.4. The minimum Gasteiger partial charge on any atom is -0.480 e. The third-order valence-corrected chi connectivity index (χ3v) is 3.29. The predicted octanol–water partition coefficient (Wildman–Crippen LogP) is 0.521. The Morgan fingerprint density at radius 3 is 2.89 bits per heavy atom. The molecule has 0 spiro atoms. The highest BCUT2D eigenvalue weighted by molar-refractivity contribution is 5.83. The van der Waals surface area contributed by atoms with E-state index in [0.717, 1.165) is 12.0 Å². The Balaban J connectivity index is 2.00. The number of likely N-dealkylation sites (tertiary alicyclic amines) is 1. The van der Waals surface area contributed by atoms with Crippen molar-refractivity contribution in [3.8, 4) is 0 Å². The molecule has 2 amide bonds. The van der Waals surface area contributed by atoms with E-state index in [1.165, 1.54) is 9.80 Å². The van der Waals surface area contributed by atoms with Crippen molar-refractivity contribution in [3.05, 3.63) is 18.0 Å². The molecular formula is C12H18N4O3. The monoisotopic (exact) mass is 266 g/mol. The molecule has 19 heavy (non-hydrogen) atoms. The van der Waals surface area contributed by atoms with Gasteiger partial charge in [0, 0.05) is 32.4 Å². The average Bonchev–Trinajstić information content (AvgIpc) is 2.97. The molecule has 7 heteroatoms. The molecule has 0 aliphatic carbocycles. The second-order valence-corrected chi connectivity index (χ2v) is 4.85. The number of hydrogen-bond donors (Lipinski definition) is 1. The predicted molar refractivity (Wildman–Crippen MR) is 67.4 cm³/mol. The number of carbonyl (C=O) groups excluding carboxylic acids is 1. The van der Waals surface area contributed by atoms with Crippen LogP contribution >= 0.6 is 0 Å². The van der Waals surface area contributed by atoms with E-state index in [-0.39, 0.29) is 6.03 Å². The van der Waals surface area contributed by atoms with Gasteiger partial charge in [-0.2, -0.15) is 5.10 Å². The van der Waals surface area contributed by atoms with Crippen LogP contribution in [0, 0.1) is 0 Å². The van der Waals surface area contributed by atoms with E-state index in [2.05, 4.69) is 5.10 Å². The average molecular weight is 266 g/mol. The van der Waals surface area contributed by atoms with E-state index in [1.807, 2.05) is 13.2 Å². The summed E-state index contributed by atoms with van der Waals surface area (Å²) in [6.07, 6.45) is 4.80. The number of aryl methyl sites for hydroxylation is 1. The van der Waals surface area contributed by atoms with Crippen molar-refractivity contribution in [2.45, 2.75) is 25.4 Å². The molecule has 1 unspecified atom stereocenters. The largest absolute Gasteiger partial charge is 0.480 e. The molecule has 0 radical (unpaired) electrons. The van der Waals surface area contributed by atoms with Crippen LogP contribution < -0.4 is 0 Å². The fourth-order valence-electron chi connectivity index (χ4n) is 2.37. The van der Waals surface area contributed by atoms with Gasteiger partial charge in [0.05, 0.1) is 12.7 Å². The summed E-state index contributed by atoms with van der Waals surface area (Å²) in [6, 6.07) is -0.933. The maximum absolute atomic E-state index is 12.2. The smallest absolute Gasteiger partial charge is 0.326 e. The van der Waals surface area contributed by atoms with Crippen LogP contribution in [0.4, 0.5) is 4.79 Å². The van der Waals surface area contributed by atoms with Gasteiger partial charge in [0.1, 0.15) is 6.04 Å². The number of aliphatic carboxylic acids is 1. The minimum absolute atomic E-state index is 0.242. The maximum Gasteiger partial charge on any atom is 0.326 e. The number of urea groups is 1. The summed E-state index contributed by atoms with van der Waals surface area (Å²) in [5.41, 5.74) is 0.921. The molecule has 2 rings (SSSR count). The zero-order valence-electron chi connectivity index (χ0n) is 11.1. The van der Waals surface area contributed by atoms with Gasteiger partial charge >= 0.3 is 12.0 Å². The number of hydrogen-bond acceptors (Lipinski definition) is 3. The SMILES string of the molecule is CN(Cc1cnn(C)c1)C(=O)N1CCCC1C(=O)O. The standard InChI is InChI=1S/C12H18N4O3/c1-14(7-9-6-13-15(2)8-9)12(19)16-5-3-4-10(16)11(17)18/h6,8,10H,3-5,7H2,1-2H3,(H,17,18). The molecule has 0 saturated carbocycles. The fraction of sp³-hybridized carbons (Fsp3) is 0.583. The van der Waals surface area contributed by atoms with Crippen molar-refractivity contribution in [3.63, 3.8) is 0 Å². The lowest BCUT2D eigenvalue weighted by Gasteiger charge is -2.27.